The highest BCUT2D eigenvalue weighted by Gasteiger charge is 2.16. The van der Waals surface area contributed by atoms with Crippen LogP contribution < -0.4 is 14.2 Å². The van der Waals surface area contributed by atoms with Gasteiger partial charge in [0.2, 0.25) is 11.6 Å². The lowest BCUT2D eigenvalue weighted by Crippen LogP contribution is -1.98. The van der Waals surface area contributed by atoms with E-state index >= 15 is 0 Å². The van der Waals surface area contributed by atoms with Gasteiger partial charge in [0, 0.05) is 16.5 Å². The van der Waals surface area contributed by atoms with Gasteiger partial charge in [-0.05, 0) is 31.2 Å². The highest BCUT2D eigenvalue weighted by Crippen LogP contribution is 2.40. The topological polar surface area (TPSA) is 94.0 Å². The molecule has 0 radical (unpaired) electrons. The second-order valence-corrected chi connectivity index (χ2v) is 6.49. The van der Waals surface area contributed by atoms with Crippen LogP contribution in [0.5, 0.6) is 17.2 Å². The predicted octanol–water partition coefficient (Wildman–Crippen LogP) is 4.73. The summed E-state index contributed by atoms with van der Waals surface area (Å²) < 4.78 is 16.2. The zero-order chi connectivity index (χ0) is 20.4. The first-order chi connectivity index (χ1) is 14.2. The van der Waals surface area contributed by atoms with E-state index in [1.807, 2.05) is 18.2 Å². The maximum absolute atomic E-state index is 5.50. The van der Waals surface area contributed by atoms with Crippen LogP contribution in [0.2, 0.25) is 0 Å². The van der Waals surface area contributed by atoms with Gasteiger partial charge in [-0.3, -0.25) is 0 Å². The quantitative estimate of drug-likeness (QED) is 0.480. The van der Waals surface area contributed by atoms with Gasteiger partial charge in [-0.1, -0.05) is 11.6 Å². The Hall–Kier alpha value is -3.68. The molecule has 1 N–H and O–H groups in total. The Kier molecular flexibility index (Phi) is 4.99. The molecule has 29 heavy (non-hydrogen) atoms. The smallest absolute Gasteiger partial charge is 0.203 e. The zero-order valence-corrected chi connectivity index (χ0v) is 16.7. The number of hydrogen-bond donors (Lipinski definition) is 1. The van der Waals surface area contributed by atoms with Gasteiger partial charge in [0.05, 0.1) is 27.9 Å². The average Bonchev–Trinajstić information content (AvgIpc) is 3.11. The molecule has 0 spiro atoms. The fourth-order valence-corrected chi connectivity index (χ4v) is 3.34. The molecule has 2 heterocycles. The second kappa shape index (κ2) is 7.75. The number of rotatable bonds is 6. The summed E-state index contributed by atoms with van der Waals surface area (Å²) in [7, 11) is 4.73. The molecular weight excluding hydrogens is 370 g/mol. The van der Waals surface area contributed by atoms with Crippen molar-refractivity contribution in [1.29, 1.82) is 0 Å². The molecule has 8 heteroatoms. The van der Waals surface area contributed by atoms with E-state index in [2.05, 4.69) is 44.2 Å². The van der Waals surface area contributed by atoms with E-state index in [0.29, 0.717) is 29.6 Å². The SMILES string of the molecule is COc1ccc(CN=Nc2ncnc3c2[nH]c2ccc(C)cc23)c(OC)c1OC. The number of ether oxygens (including phenoxy) is 3. The van der Waals surface area contributed by atoms with Crippen molar-refractivity contribution in [2.24, 2.45) is 10.2 Å². The summed E-state index contributed by atoms with van der Waals surface area (Å²) in [5.41, 5.74) is 4.57. The molecule has 8 nitrogen and oxygen atoms in total. The molecule has 148 valence electrons. The number of azo groups is 1. The minimum atomic E-state index is 0.300. The minimum Gasteiger partial charge on any atom is -0.493 e. The standard InChI is InChI=1S/C21H21N5O3/c1-12-5-7-15-14(9-12)17-18(25-15)21(23-11-22-17)26-24-10-13-6-8-16(27-2)20(29-4)19(13)28-3/h5-9,11,25H,10H2,1-4H3. The fourth-order valence-electron chi connectivity index (χ4n) is 3.34. The number of nitrogens with one attached hydrogen (secondary N) is 1. The zero-order valence-electron chi connectivity index (χ0n) is 16.7. The summed E-state index contributed by atoms with van der Waals surface area (Å²) in [6.45, 7) is 2.35. The van der Waals surface area contributed by atoms with Gasteiger partial charge in [-0.15, -0.1) is 5.11 Å². The molecule has 0 saturated carbocycles. The molecule has 0 atom stereocenters. The van der Waals surface area contributed by atoms with Crippen LogP contribution in [0.25, 0.3) is 21.9 Å². The lowest BCUT2D eigenvalue weighted by atomic mass is 10.1. The first-order valence-electron chi connectivity index (χ1n) is 9.04. The largest absolute Gasteiger partial charge is 0.493 e. The number of fused-ring (bicyclic) bond motifs is 3. The van der Waals surface area contributed by atoms with Gasteiger partial charge in [0.25, 0.3) is 0 Å². The summed E-state index contributed by atoms with van der Waals surface area (Å²) in [4.78, 5) is 12.0. The normalized spacial score (nSPS) is 11.4. The molecule has 4 rings (SSSR count). The molecule has 2 aromatic carbocycles. The minimum absolute atomic E-state index is 0.300. The van der Waals surface area contributed by atoms with Crippen molar-refractivity contribution >= 4 is 27.8 Å². The third-order valence-electron chi connectivity index (χ3n) is 4.71. The Morgan fingerprint density at radius 1 is 0.966 bits per heavy atom. The van der Waals surface area contributed by atoms with Gasteiger partial charge in [0.1, 0.15) is 17.4 Å². The molecule has 0 saturated heterocycles. The van der Waals surface area contributed by atoms with E-state index in [-0.39, 0.29) is 0 Å². The summed E-state index contributed by atoms with van der Waals surface area (Å²) in [6, 6.07) is 9.86. The van der Waals surface area contributed by atoms with Crippen molar-refractivity contribution in [2.45, 2.75) is 13.5 Å². The van der Waals surface area contributed by atoms with Crippen molar-refractivity contribution < 1.29 is 14.2 Å². The number of H-pyrrole nitrogens is 1. The average molecular weight is 391 g/mol. The molecule has 0 amide bonds. The summed E-state index contributed by atoms with van der Waals surface area (Å²) in [5.74, 6) is 2.18. The maximum atomic E-state index is 5.50. The van der Waals surface area contributed by atoms with Crippen LogP contribution >= 0.6 is 0 Å². The van der Waals surface area contributed by atoms with E-state index in [4.69, 9.17) is 14.2 Å². The Balaban J connectivity index is 1.68. The molecule has 0 aliphatic heterocycles. The predicted molar refractivity (Wildman–Crippen MR) is 110 cm³/mol. The first kappa shape index (κ1) is 18.7. The number of aryl methyl sites for hydroxylation is 1. The number of aromatic amines is 1. The molecule has 0 fully saturated rings. The number of aromatic nitrogens is 3. The van der Waals surface area contributed by atoms with Gasteiger partial charge in [0.15, 0.2) is 11.5 Å². The maximum Gasteiger partial charge on any atom is 0.203 e. The third-order valence-corrected chi connectivity index (χ3v) is 4.71. The number of nitrogens with zero attached hydrogens (tertiary/aromatic N) is 4. The van der Waals surface area contributed by atoms with Crippen LogP contribution in [0.1, 0.15) is 11.1 Å². The first-order valence-corrected chi connectivity index (χ1v) is 9.04. The van der Waals surface area contributed by atoms with Crippen LogP contribution in [0, 0.1) is 6.92 Å². The lowest BCUT2D eigenvalue weighted by Gasteiger charge is -2.14. The number of benzene rings is 2. The number of hydrogen-bond acceptors (Lipinski definition) is 7. The van der Waals surface area contributed by atoms with Gasteiger partial charge in [-0.25, -0.2) is 9.97 Å². The molecular formula is C21H21N5O3. The summed E-state index contributed by atoms with van der Waals surface area (Å²) in [6.07, 6.45) is 1.50. The Morgan fingerprint density at radius 2 is 1.79 bits per heavy atom. The van der Waals surface area contributed by atoms with Crippen LogP contribution in [0.15, 0.2) is 46.9 Å². The summed E-state index contributed by atoms with van der Waals surface area (Å²) in [5, 5.41) is 9.71. The van der Waals surface area contributed by atoms with E-state index in [1.54, 1.807) is 21.3 Å². The fraction of sp³-hybridized carbons (Fsp3) is 0.238. The van der Waals surface area contributed by atoms with Crippen molar-refractivity contribution in [2.75, 3.05) is 21.3 Å². The van der Waals surface area contributed by atoms with E-state index in [0.717, 1.165) is 27.5 Å². The highest BCUT2D eigenvalue weighted by molar-refractivity contribution is 6.07. The van der Waals surface area contributed by atoms with Crippen molar-refractivity contribution in [3.05, 3.63) is 47.8 Å². The third kappa shape index (κ3) is 3.33. The van der Waals surface area contributed by atoms with Crippen LogP contribution in [-0.2, 0) is 6.54 Å². The Bertz CT molecular complexity index is 1220. The van der Waals surface area contributed by atoms with Crippen molar-refractivity contribution in [3.63, 3.8) is 0 Å². The Morgan fingerprint density at radius 3 is 2.55 bits per heavy atom. The molecule has 4 aromatic rings. The lowest BCUT2D eigenvalue weighted by molar-refractivity contribution is 0.322. The van der Waals surface area contributed by atoms with Crippen molar-refractivity contribution in [3.8, 4) is 17.2 Å². The highest BCUT2D eigenvalue weighted by atomic mass is 16.5. The van der Waals surface area contributed by atoms with Gasteiger partial charge in [-0.2, -0.15) is 5.11 Å². The second-order valence-electron chi connectivity index (χ2n) is 6.49. The molecule has 0 aliphatic rings. The molecule has 0 unspecified atom stereocenters. The molecule has 0 aliphatic carbocycles. The monoisotopic (exact) mass is 391 g/mol. The van der Waals surface area contributed by atoms with E-state index in [1.165, 1.54) is 11.9 Å². The van der Waals surface area contributed by atoms with Crippen LogP contribution in [0.4, 0.5) is 5.82 Å². The van der Waals surface area contributed by atoms with Crippen LogP contribution in [0.3, 0.4) is 0 Å². The van der Waals surface area contributed by atoms with Gasteiger partial charge < -0.3 is 19.2 Å². The van der Waals surface area contributed by atoms with E-state index in [9.17, 15) is 0 Å². The molecule has 0 bridgehead atoms. The van der Waals surface area contributed by atoms with Crippen LogP contribution in [-0.4, -0.2) is 36.3 Å². The Labute approximate surface area is 167 Å². The number of methoxy groups -OCH3 is 3. The van der Waals surface area contributed by atoms with E-state index < -0.39 is 0 Å². The van der Waals surface area contributed by atoms with Crippen molar-refractivity contribution in [1.82, 2.24) is 15.0 Å². The molecule has 2 aromatic heterocycles. The van der Waals surface area contributed by atoms with Gasteiger partial charge >= 0.3 is 0 Å². The summed E-state index contributed by atoms with van der Waals surface area (Å²) >= 11 is 0.